The first-order chi connectivity index (χ1) is 11.7. The molecule has 0 saturated carbocycles. The molecule has 0 fully saturated rings. The first-order valence-corrected chi connectivity index (χ1v) is 8.85. The molecule has 2 aromatic rings. The van der Waals surface area contributed by atoms with Crippen LogP contribution in [0.4, 0.5) is 0 Å². The van der Waals surface area contributed by atoms with Crippen LogP contribution in [0.25, 0.3) is 5.70 Å². The lowest BCUT2D eigenvalue weighted by molar-refractivity contribution is -0.131. The van der Waals surface area contributed by atoms with Crippen LogP contribution in [0.2, 0.25) is 0 Å². The van der Waals surface area contributed by atoms with E-state index < -0.39 is 0 Å². The molecule has 1 aliphatic heterocycles. The van der Waals surface area contributed by atoms with Gasteiger partial charge in [0, 0.05) is 12.0 Å². The molecule has 4 rings (SSSR count). The van der Waals surface area contributed by atoms with Gasteiger partial charge in [-0.3, -0.25) is 4.79 Å². The number of allylic oxidation sites excluding steroid dienone is 1. The highest BCUT2D eigenvalue weighted by atomic mass is 16.2. The summed E-state index contributed by atoms with van der Waals surface area (Å²) in [5.74, 6) is 0.592. The summed E-state index contributed by atoms with van der Waals surface area (Å²) in [5, 5.41) is 0. The molecule has 0 bridgehead atoms. The van der Waals surface area contributed by atoms with Crippen LogP contribution in [-0.4, -0.2) is 10.8 Å². The molecule has 24 heavy (non-hydrogen) atoms. The molecule has 0 aromatic heterocycles. The minimum absolute atomic E-state index is 0.0577. The van der Waals surface area contributed by atoms with Crippen molar-refractivity contribution in [1.82, 2.24) is 4.90 Å². The molecule has 2 aromatic carbocycles. The molecule has 0 unspecified atom stereocenters. The minimum Gasteiger partial charge on any atom is -0.305 e. The molecule has 2 heteroatoms. The Bertz CT molecular complexity index is 806. The van der Waals surface area contributed by atoms with E-state index in [4.69, 9.17) is 0 Å². The van der Waals surface area contributed by atoms with Crippen LogP contribution in [0.3, 0.4) is 0 Å². The molecule has 1 aliphatic carbocycles. The number of hydrogen-bond donors (Lipinski definition) is 0. The van der Waals surface area contributed by atoms with Gasteiger partial charge in [-0.1, -0.05) is 61.5 Å². The first kappa shape index (κ1) is 15.2. The molecule has 1 amide bonds. The maximum Gasteiger partial charge on any atom is 0.228 e. The Balaban J connectivity index is 1.86. The van der Waals surface area contributed by atoms with Crippen molar-refractivity contribution in [2.75, 3.05) is 0 Å². The summed E-state index contributed by atoms with van der Waals surface area (Å²) in [5.41, 5.74) is 6.44. The zero-order valence-electron chi connectivity index (χ0n) is 14.3. The van der Waals surface area contributed by atoms with Crippen LogP contribution in [0, 0.1) is 5.92 Å². The fourth-order valence-corrected chi connectivity index (χ4v) is 4.19. The molecule has 1 heterocycles. The largest absolute Gasteiger partial charge is 0.305 e. The van der Waals surface area contributed by atoms with Gasteiger partial charge in [-0.15, -0.1) is 0 Å². The van der Waals surface area contributed by atoms with Gasteiger partial charge in [0.2, 0.25) is 5.91 Å². The topological polar surface area (TPSA) is 20.3 Å². The summed E-state index contributed by atoms with van der Waals surface area (Å²) in [6.45, 7) is 4.34. The third-order valence-electron chi connectivity index (χ3n) is 5.49. The summed E-state index contributed by atoms with van der Waals surface area (Å²) in [6, 6.07) is 19.0. The highest BCUT2D eigenvalue weighted by Crippen LogP contribution is 2.44. The summed E-state index contributed by atoms with van der Waals surface area (Å²) >= 11 is 0. The van der Waals surface area contributed by atoms with Crippen LogP contribution in [-0.2, 0) is 11.2 Å². The first-order valence-electron chi connectivity index (χ1n) is 8.85. The molecule has 0 spiro atoms. The molecule has 0 radical (unpaired) electrons. The Labute approximate surface area is 143 Å². The van der Waals surface area contributed by atoms with Gasteiger partial charge < -0.3 is 4.90 Å². The van der Waals surface area contributed by atoms with Crippen molar-refractivity contribution in [2.24, 2.45) is 5.92 Å². The van der Waals surface area contributed by atoms with Gasteiger partial charge >= 0.3 is 0 Å². The van der Waals surface area contributed by atoms with Gasteiger partial charge in [-0.2, -0.15) is 0 Å². The molecular formula is C22H23NO. The average molecular weight is 317 g/mol. The van der Waals surface area contributed by atoms with E-state index in [2.05, 4.69) is 55.1 Å². The lowest BCUT2D eigenvalue weighted by Gasteiger charge is -2.42. The minimum atomic E-state index is 0.0577. The van der Waals surface area contributed by atoms with E-state index in [-0.39, 0.29) is 11.9 Å². The van der Waals surface area contributed by atoms with E-state index in [1.54, 1.807) is 0 Å². The highest BCUT2D eigenvalue weighted by molar-refractivity contribution is 5.92. The van der Waals surface area contributed by atoms with Crippen molar-refractivity contribution in [2.45, 2.75) is 39.2 Å². The Morgan fingerprint density at radius 3 is 2.50 bits per heavy atom. The van der Waals surface area contributed by atoms with Gasteiger partial charge in [-0.05, 0) is 42.4 Å². The van der Waals surface area contributed by atoms with E-state index in [1.165, 1.54) is 28.0 Å². The molecule has 2 atom stereocenters. The molecule has 0 N–H and O–H groups in total. The van der Waals surface area contributed by atoms with Crippen molar-refractivity contribution in [1.29, 1.82) is 0 Å². The van der Waals surface area contributed by atoms with Gasteiger partial charge in [0.15, 0.2) is 0 Å². The number of carbonyl (C=O) groups excluding carboxylic acids is 1. The summed E-state index contributed by atoms with van der Waals surface area (Å²) < 4.78 is 0. The van der Waals surface area contributed by atoms with Crippen molar-refractivity contribution in [3.63, 3.8) is 0 Å². The number of amides is 1. The molecule has 0 saturated heterocycles. The number of nitrogens with zero attached hydrogens (tertiary/aromatic N) is 1. The number of fused-ring (bicyclic) bond motifs is 2. The standard InChI is InChI=1S/C22H23NO/c1-15-14-21(24)23(16(2)17-8-4-3-5-9-17)22-19(15)13-12-18-10-6-7-11-20(18)22/h3-11,15-16H,12-14H2,1-2H3/t15-,16-/m1/s1. The van der Waals surface area contributed by atoms with E-state index in [1.807, 2.05) is 18.2 Å². The van der Waals surface area contributed by atoms with Gasteiger partial charge in [0.05, 0.1) is 11.7 Å². The number of aryl methyl sites for hydroxylation is 1. The van der Waals surface area contributed by atoms with Gasteiger partial charge in [0.25, 0.3) is 0 Å². The summed E-state index contributed by atoms with van der Waals surface area (Å²) in [4.78, 5) is 15.0. The Hall–Kier alpha value is -2.35. The van der Waals surface area contributed by atoms with Crippen LogP contribution in [0.15, 0.2) is 60.2 Å². The number of hydrogen-bond acceptors (Lipinski definition) is 1. The Morgan fingerprint density at radius 2 is 1.71 bits per heavy atom. The van der Waals surface area contributed by atoms with E-state index >= 15 is 0 Å². The fourth-order valence-electron chi connectivity index (χ4n) is 4.19. The summed E-state index contributed by atoms with van der Waals surface area (Å²) in [7, 11) is 0. The van der Waals surface area contributed by atoms with Gasteiger partial charge in [-0.25, -0.2) is 0 Å². The Kier molecular flexibility index (Phi) is 3.76. The summed E-state index contributed by atoms with van der Waals surface area (Å²) in [6.07, 6.45) is 2.78. The number of carbonyl (C=O) groups is 1. The van der Waals surface area contributed by atoms with Crippen LogP contribution < -0.4 is 0 Å². The van der Waals surface area contributed by atoms with E-state index in [0.29, 0.717) is 12.3 Å². The van der Waals surface area contributed by atoms with E-state index in [0.717, 1.165) is 12.8 Å². The van der Waals surface area contributed by atoms with Crippen molar-refractivity contribution in [3.05, 3.63) is 76.9 Å². The van der Waals surface area contributed by atoms with Crippen molar-refractivity contribution in [3.8, 4) is 0 Å². The average Bonchev–Trinajstić information content (AvgIpc) is 2.62. The lowest BCUT2D eigenvalue weighted by atomic mass is 9.79. The molecular weight excluding hydrogens is 294 g/mol. The van der Waals surface area contributed by atoms with Crippen molar-refractivity contribution < 1.29 is 4.79 Å². The SMILES string of the molecule is C[C@@H]1CC(=O)N([C@H](C)c2ccccc2)C2=C1CCc1ccccc12. The van der Waals surface area contributed by atoms with Gasteiger partial charge in [0.1, 0.15) is 0 Å². The van der Waals surface area contributed by atoms with Crippen LogP contribution >= 0.6 is 0 Å². The predicted octanol–water partition coefficient (Wildman–Crippen LogP) is 4.97. The number of rotatable bonds is 2. The molecule has 2 aliphatic rings. The van der Waals surface area contributed by atoms with Crippen LogP contribution in [0.1, 0.15) is 49.4 Å². The second-order valence-electron chi connectivity index (χ2n) is 6.99. The molecule has 122 valence electrons. The maximum atomic E-state index is 13.0. The number of benzene rings is 2. The second-order valence-corrected chi connectivity index (χ2v) is 6.99. The third kappa shape index (κ3) is 2.37. The van der Waals surface area contributed by atoms with E-state index in [9.17, 15) is 4.79 Å². The lowest BCUT2D eigenvalue weighted by Crippen LogP contribution is -2.39. The zero-order chi connectivity index (χ0) is 16.7. The smallest absolute Gasteiger partial charge is 0.228 e. The predicted molar refractivity (Wildman–Crippen MR) is 97.2 cm³/mol. The monoisotopic (exact) mass is 317 g/mol. The Morgan fingerprint density at radius 1 is 1.00 bits per heavy atom. The van der Waals surface area contributed by atoms with Crippen molar-refractivity contribution >= 4 is 11.6 Å². The third-order valence-corrected chi connectivity index (χ3v) is 5.49. The van der Waals surface area contributed by atoms with Crippen LogP contribution in [0.5, 0.6) is 0 Å². The fraction of sp³-hybridized carbons (Fsp3) is 0.318. The maximum absolute atomic E-state index is 13.0. The molecule has 2 nitrogen and oxygen atoms in total. The zero-order valence-corrected chi connectivity index (χ0v) is 14.3. The highest BCUT2D eigenvalue weighted by Gasteiger charge is 2.37. The second kappa shape index (κ2) is 5.94. The quantitative estimate of drug-likeness (QED) is 0.765. The normalized spacial score (nSPS) is 21.3.